The third-order valence-electron chi connectivity index (χ3n) is 4.78. The van der Waals surface area contributed by atoms with Crippen molar-refractivity contribution in [2.24, 2.45) is 0 Å². The summed E-state index contributed by atoms with van der Waals surface area (Å²) in [6.45, 7) is 3.09. The number of hydrogen-bond acceptors (Lipinski definition) is 6. The van der Waals surface area contributed by atoms with Crippen molar-refractivity contribution in [3.63, 3.8) is 0 Å². The highest BCUT2D eigenvalue weighted by Crippen LogP contribution is 2.29. The van der Waals surface area contributed by atoms with E-state index in [-0.39, 0.29) is 11.6 Å². The van der Waals surface area contributed by atoms with E-state index in [1.807, 2.05) is 24.3 Å². The van der Waals surface area contributed by atoms with E-state index in [1.165, 1.54) is 0 Å². The highest BCUT2D eigenvalue weighted by Gasteiger charge is 2.15. The molecule has 0 saturated carbocycles. The molecule has 7 heteroatoms. The molecule has 0 aliphatic carbocycles. The van der Waals surface area contributed by atoms with Gasteiger partial charge in [-0.2, -0.15) is 5.26 Å². The Kier molecular flexibility index (Phi) is 5.88. The molecule has 1 aliphatic heterocycles. The summed E-state index contributed by atoms with van der Waals surface area (Å²) in [5.74, 6) is -0.338. The maximum absolute atomic E-state index is 12.6. The molecule has 0 unspecified atom stereocenters. The van der Waals surface area contributed by atoms with Gasteiger partial charge in [-0.05, 0) is 42.5 Å². The van der Waals surface area contributed by atoms with Gasteiger partial charge in [-0.1, -0.05) is 18.2 Å². The lowest BCUT2D eigenvalue weighted by Crippen LogP contribution is -2.36. The summed E-state index contributed by atoms with van der Waals surface area (Å²) in [6.07, 6.45) is 1.60. The van der Waals surface area contributed by atoms with Crippen LogP contribution in [0.25, 0.3) is 0 Å². The molecule has 0 spiro atoms. The van der Waals surface area contributed by atoms with Crippen molar-refractivity contribution < 1.29 is 9.53 Å². The van der Waals surface area contributed by atoms with Crippen LogP contribution in [0.4, 0.5) is 22.7 Å². The molecular weight excluding hydrogens is 378 g/mol. The molecule has 7 nitrogen and oxygen atoms in total. The number of nitrogens with one attached hydrogen (secondary N) is 2. The Morgan fingerprint density at radius 1 is 1.03 bits per heavy atom. The minimum atomic E-state index is -0.338. The van der Waals surface area contributed by atoms with E-state index in [0.29, 0.717) is 24.5 Å². The second-order valence-corrected chi connectivity index (χ2v) is 6.82. The van der Waals surface area contributed by atoms with Gasteiger partial charge in [-0.25, -0.2) is 0 Å². The molecule has 150 valence electrons. The molecular formula is C23H21N5O2. The second-order valence-electron chi connectivity index (χ2n) is 6.82. The average Bonchev–Trinajstić information content (AvgIpc) is 2.80. The molecule has 3 aromatic rings. The summed E-state index contributed by atoms with van der Waals surface area (Å²) in [4.78, 5) is 19.1. The molecule has 1 aliphatic rings. The number of aromatic nitrogens is 1. The summed E-state index contributed by atoms with van der Waals surface area (Å²) in [5, 5.41) is 15.2. The van der Waals surface area contributed by atoms with Gasteiger partial charge in [0.15, 0.2) is 0 Å². The van der Waals surface area contributed by atoms with E-state index < -0.39 is 0 Å². The molecule has 0 bridgehead atoms. The number of nitrogens with zero attached hydrogens (tertiary/aromatic N) is 3. The molecule has 0 radical (unpaired) electrons. The number of morpholine rings is 1. The third-order valence-corrected chi connectivity index (χ3v) is 4.78. The maximum atomic E-state index is 12.6. The fraction of sp³-hybridized carbons (Fsp3) is 0.174. The van der Waals surface area contributed by atoms with Crippen LogP contribution in [-0.4, -0.2) is 37.2 Å². The first-order valence-corrected chi connectivity index (χ1v) is 9.69. The van der Waals surface area contributed by atoms with Crippen LogP contribution in [0.15, 0.2) is 66.9 Å². The molecule has 1 saturated heterocycles. The fourth-order valence-corrected chi connectivity index (χ4v) is 3.31. The lowest BCUT2D eigenvalue weighted by atomic mass is 10.2. The summed E-state index contributed by atoms with van der Waals surface area (Å²) in [5.41, 5.74) is 4.14. The molecule has 4 rings (SSSR count). The van der Waals surface area contributed by atoms with Gasteiger partial charge in [0.1, 0.15) is 5.69 Å². The van der Waals surface area contributed by atoms with Crippen LogP contribution >= 0.6 is 0 Å². The molecule has 2 N–H and O–H groups in total. The van der Waals surface area contributed by atoms with Crippen LogP contribution in [0.3, 0.4) is 0 Å². The van der Waals surface area contributed by atoms with Crippen LogP contribution in [0.2, 0.25) is 0 Å². The zero-order chi connectivity index (χ0) is 20.8. The van der Waals surface area contributed by atoms with Crippen LogP contribution in [0, 0.1) is 11.3 Å². The Morgan fingerprint density at radius 2 is 1.87 bits per heavy atom. The topological polar surface area (TPSA) is 90.3 Å². The Balaban J connectivity index is 1.51. The highest BCUT2D eigenvalue weighted by molar-refractivity contribution is 6.03. The highest BCUT2D eigenvalue weighted by atomic mass is 16.5. The van der Waals surface area contributed by atoms with Crippen molar-refractivity contribution in [2.45, 2.75) is 0 Å². The van der Waals surface area contributed by atoms with Crippen molar-refractivity contribution in [3.8, 4) is 6.07 Å². The van der Waals surface area contributed by atoms with Crippen LogP contribution in [0.1, 0.15) is 16.1 Å². The smallest absolute Gasteiger partial charge is 0.274 e. The van der Waals surface area contributed by atoms with Gasteiger partial charge in [0.2, 0.25) is 0 Å². The predicted molar refractivity (Wildman–Crippen MR) is 116 cm³/mol. The number of ether oxygens (including phenoxy) is 1. The molecule has 0 atom stereocenters. The van der Waals surface area contributed by atoms with E-state index in [1.54, 1.807) is 36.5 Å². The van der Waals surface area contributed by atoms with E-state index in [9.17, 15) is 4.79 Å². The average molecular weight is 399 g/mol. The SMILES string of the molecule is N#Cc1cccc(NC(=O)c2cc(Nc3ccccc3N3CCOCC3)ccn2)c1. The Labute approximate surface area is 174 Å². The first-order chi connectivity index (χ1) is 14.7. The Hall–Kier alpha value is -3.89. The second kappa shape index (κ2) is 9.07. The molecule has 30 heavy (non-hydrogen) atoms. The molecule has 2 heterocycles. The Bertz CT molecular complexity index is 1090. The monoisotopic (exact) mass is 399 g/mol. The third kappa shape index (κ3) is 4.57. The number of carbonyl (C=O) groups excluding carboxylic acids is 1. The van der Waals surface area contributed by atoms with Gasteiger partial charge in [0.05, 0.1) is 36.2 Å². The summed E-state index contributed by atoms with van der Waals surface area (Å²) in [7, 11) is 0. The predicted octanol–water partition coefficient (Wildman–Crippen LogP) is 3.79. The van der Waals surface area contributed by atoms with E-state index in [0.717, 1.165) is 30.2 Å². The lowest BCUT2D eigenvalue weighted by Gasteiger charge is -2.30. The molecule has 1 amide bonds. The van der Waals surface area contributed by atoms with Crippen molar-refractivity contribution in [2.75, 3.05) is 41.8 Å². The first kappa shape index (κ1) is 19.4. The zero-order valence-electron chi connectivity index (χ0n) is 16.3. The minimum Gasteiger partial charge on any atom is -0.378 e. The normalized spacial score (nSPS) is 13.4. The van der Waals surface area contributed by atoms with Crippen molar-refractivity contribution in [1.29, 1.82) is 5.26 Å². The van der Waals surface area contributed by atoms with Crippen LogP contribution in [-0.2, 0) is 4.74 Å². The number of amides is 1. The number of rotatable bonds is 5. The number of nitriles is 1. The zero-order valence-corrected chi connectivity index (χ0v) is 16.3. The number of carbonyl (C=O) groups is 1. The van der Waals surface area contributed by atoms with Gasteiger partial charge >= 0.3 is 0 Å². The summed E-state index contributed by atoms with van der Waals surface area (Å²) < 4.78 is 5.45. The van der Waals surface area contributed by atoms with Crippen molar-refractivity contribution >= 4 is 28.7 Å². The summed E-state index contributed by atoms with van der Waals surface area (Å²) in [6, 6.07) is 20.4. The number of pyridine rings is 1. The number of para-hydroxylation sites is 2. The standard InChI is InChI=1S/C23H21N5O2/c24-16-17-4-3-5-18(14-17)27-23(29)21-15-19(8-9-25-21)26-20-6-1-2-7-22(20)28-10-12-30-13-11-28/h1-9,14-15H,10-13H2,(H,25,26)(H,27,29). The quantitative estimate of drug-likeness (QED) is 0.678. The van der Waals surface area contributed by atoms with E-state index in [2.05, 4.69) is 32.7 Å². The van der Waals surface area contributed by atoms with E-state index >= 15 is 0 Å². The van der Waals surface area contributed by atoms with Gasteiger partial charge in [0, 0.05) is 30.7 Å². The molecule has 1 fully saturated rings. The van der Waals surface area contributed by atoms with Crippen molar-refractivity contribution in [1.82, 2.24) is 4.98 Å². The van der Waals surface area contributed by atoms with Gasteiger partial charge in [0.25, 0.3) is 5.91 Å². The Morgan fingerprint density at radius 3 is 2.70 bits per heavy atom. The molecule has 1 aromatic heterocycles. The van der Waals surface area contributed by atoms with Crippen LogP contribution in [0.5, 0.6) is 0 Å². The van der Waals surface area contributed by atoms with Gasteiger partial charge in [-0.3, -0.25) is 9.78 Å². The lowest BCUT2D eigenvalue weighted by molar-refractivity contribution is 0.102. The summed E-state index contributed by atoms with van der Waals surface area (Å²) >= 11 is 0. The van der Waals surface area contributed by atoms with Gasteiger partial charge in [-0.15, -0.1) is 0 Å². The number of anilines is 4. The largest absolute Gasteiger partial charge is 0.378 e. The van der Waals surface area contributed by atoms with Crippen molar-refractivity contribution in [3.05, 3.63) is 78.1 Å². The first-order valence-electron chi connectivity index (χ1n) is 9.69. The van der Waals surface area contributed by atoms with E-state index in [4.69, 9.17) is 10.00 Å². The fourth-order valence-electron chi connectivity index (χ4n) is 3.31. The van der Waals surface area contributed by atoms with Gasteiger partial charge < -0.3 is 20.3 Å². The number of benzene rings is 2. The minimum absolute atomic E-state index is 0.284. The van der Waals surface area contributed by atoms with Crippen LogP contribution < -0.4 is 15.5 Å². The maximum Gasteiger partial charge on any atom is 0.274 e. The number of hydrogen-bond donors (Lipinski definition) is 2. The molecule has 2 aromatic carbocycles.